The first kappa shape index (κ1) is 23.7. The normalized spacial score (nSPS) is 14.5. The van der Waals surface area contributed by atoms with E-state index in [-0.39, 0.29) is 17.3 Å². The number of halogens is 2. The number of amides is 3. The van der Waals surface area contributed by atoms with E-state index in [1.807, 2.05) is 0 Å². The number of ether oxygens (including phenoxy) is 1. The van der Waals surface area contributed by atoms with Gasteiger partial charge in [0, 0.05) is 10.2 Å². The highest BCUT2D eigenvalue weighted by atomic mass is 79.9. The number of anilines is 1. The topological polar surface area (TPSA) is 75.7 Å². The van der Waals surface area contributed by atoms with Gasteiger partial charge in [0.1, 0.15) is 24.7 Å². The number of benzene rings is 3. The lowest BCUT2D eigenvalue weighted by molar-refractivity contribution is -0.127. The molecule has 1 heterocycles. The number of imide groups is 1. The second-order valence-electron chi connectivity index (χ2n) is 7.31. The van der Waals surface area contributed by atoms with Crippen LogP contribution in [-0.2, 0) is 16.2 Å². The summed E-state index contributed by atoms with van der Waals surface area (Å²) in [6.07, 6.45) is 1.60. The number of nitrogens with zero attached hydrogens (tertiary/aromatic N) is 1. The van der Waals surface area contributed by atoms with Gasteiger partial charge in [-0.25, -0.2) is 4.39 Å². The third kappa shape index (κ3) is 6.12. The van der Waals surface area contributed by atoms with Gasteiger partial charge >= 0.3 is 0 Å². The molecular formula is C25H18BrFN2O4S. The summed E-state index contributed by atoms with van der Waals surface area (Å²) in [5.41, 5.74) is 2.11. The van der Waals surface area contributed by atoms with Gasteiger partial charge in [0.05, 0.1) is 4.91 Å². The third-order valence-electron chi connectivity index (χ3n) is 4.80. The van der Waals surface area contributed by atoms with Crippen LogP contribution < -0.4 is 10.1 Å². The van der Waals surface area contributed by atoms with Crippen molar-refractivity contribution >= 4 is 56.5 Å². The van der Waals surface area contributed by atoms with Crippen LogP contribution in [0, 0.1) is 5.82 Å². The fraction of sp³-hybridized carbons (Fsp3) is 0.0800. The zero-order valence-electron chi connectivity index (χ0n) is 17.7. The lowest BCUT2D eigenvalue weighted by Gasteiger charge is -2.12. The number of nitrogens with one attached hydrogen (secondary N) is 1. The van der Waals surface area contributed by atoms with Crippen molar-refractivity contribution in [2.24, 2.45) is 0 Å². The van der Waals surface area contributed by atoms with Gasteiger partial charge in [-0.2, -0.15) is 0 Å². The Balaban J connectivity index is 1.35. The highest BCUT2D eigenvalue weighted by Gasteiger charge is 2.36. The number of rotatable bonds is 7. The highest BCUT2D eigenvalue weighted by molar-refractivity contribution is 9.10. The molecule has 0 spiro atoms. The van der Waals surface area contributed by atoms with Gasteiger partial charge in [0.25, 0.3) is 11.1 Å². The summed E-state index contributed by atoms with van der Waals surface area (Å²) in [5, 5.41) is 2.17. The maximum absolute atomic E-state index is 13.0. The van der Waals surface area contributed by atoms with Gasteiger partial charge in [0.2, 0.25) is 5.91 Å². The van der Waals surface area contributed by atoms with Crippen LogP contribution in [0.15, 0.2) is 82.2 Å². The molecule has 3 aromatic carbocycles. The summed E-state index contributed by atoms with van der Waals surface area (Å²) in [6.45, 7) is -0.0743. The van der Waals surface area contributed by atoms with Crippen LogP contribution in [-0.4, -0.2) is 28.5 Å². The second-order valence-corrected chi connectivity index (χ2v) is 9.22. The zero-order valence-corrected chi connectivity index (χ0v) is 20.1. The summed E-state index contributed by atoms with van der Waals surface area (Å²) in [5.74, 6) is -0.673. The average molecular weight is 541 g/mol. The molecule has 9 heteroatoms. The number of hydrogen-bond acceptors (Lipinski definition) is 5. The minimum atomic E-state index is -0.516. The maximum atomic E-state index is 13.0. The van der Waals surface area contributed by atoms with Crippen LogP contribution in [0.2, 0.25) is 0 Å². The van der Waals surface area contributed by atoms with E-state index in [0.717, 1.165) is 26.7 Å². The number of carbonyl (C=O) groups is 3. The fourth-order valence-corrected chi connectivity index (χ4v) is 4.18. The average Bonchev–Trinajstić information content (AvgIpc) is 3.08. The lowest BCUT2D eigenvalue weighted by Crippen LogP contribution is -2.36. The first-order valence-corrected chi connectivity index (χ1v) is 11.8. The molecule has 0 aromatic heterocycles. The van der Waals surface area contributed by atoms with E-state index in [0.29, 0.717) is 23.6 Å². The van der Waals surface area contributed by atoms with Gasteiger partial charge in [-0.3, -0.25) is 19.3 Å². The Bertz CT molecular complexity index is 1250. The largest absolute Gasteiger partial charge is 0.489 e. The number of carbonyl (C=O) groups excluding carboxylic acids is 3. The molecule has 6 nitrogen and oxygen atoms in total. The maximum Gasteiger partial charge on any atom is 0.294 e. The standard InChI is InChI=1S/C25H18BrFN2O4S/c26-18-5-9-20(10-6-18)28-23(30)14-29-24(31)22(34-25(29)32)13-16-3-11-21(12-4-16)33-15-17-1-7-19(27)8-2-17/h1-13H,14-15H2,(H,28,30)/b22-13-. The Morgan fingerprint density at radius 1 is 1.00 bits per heavy atom. The first-order valence-electron chi connectivity index (χ1n) is 10.2. The van der Waals surface area contributed by atoms with Crippen molar-refractivity contribution < 1.29 is 23.5 Å². The van der Waals surface area contributed by atoms with Crippen LogP contribution in [0.5, 0.6) is 5.75 Å². The molecule has 0 atom stereocenters. The van der Waals surface area contributed by atoms with Crippen LogP contribution in [0.3, 0.4) is 0 Å². The molecule has 4 rings (SSSR count). The van der Waals surface area contributed by atoms with Crippen molar-refractivity contribution in [3.63, 3.8) is 0 Å². The third-order valence-corrected chi connectivity index (χ3v) is 6.24. The lowest BCUT2D eigenvalue weighted by atomic mass is 10.2. The smallest absolute Gasteiger partial charge is 0.294 e. The predicted octanol–water partition coefficient (Wildman–Crippen LogP) is 5.84. The molecule has 0 aliphatic carbocycles. The summed E-state index contributed by atoms with van der Waals surface area (Å²) in [6, 6.07) is 20.0. The van der Waals surface area contributed by atoms with E-state index in [9.17, 15) is 18.8 Å². The SMILES string of the molecule is O=C(CN1C(=O)S/C(=C\c2ccc(OCc3ccc(F)cc3)cc2)C1=O)Nc1ccc(Br)cc1. The Hall–Kier alpha value is -3.43. The Morgan fingerprint density at radius 3 is 2.35 bits per heavy atom. The fourth-order valence-electron chi connectivity index (χ4n) is 3.07. The van der Waals surface area contributed by atoms with Crippen molar-refractivity contribution in [2.45, 2.75) is 6.61 Å². The van der Waals surface area contributed by atoms with Crippen LogP contribution in [0.1, 0.15) is 11.1 Å². The van der Waals surface area contributed by atoms with Crippen LogP contribution in [0.4, 0.5) is 14.9 Å². The second kappa shape index (κ2) is 10.7. The number of thioether (sulfide) groups is 1. The monoisotopic (exact) mass is 540 g/mol. The van der Waals surface area contributed by atoms with Crippen molar-refractivity contribution in [1.82, 2.24) is 4.90 Å². The van der Waals surface area contributed by atoms with E-state index in [4.69, 9.17) is 4.74 Å². The summed E-state index contributed by atoms with van der Waals surface area (Å²) in [7, 11) is 0. The molecule has 1 fully saturated rings. The Kier molecular flexibility index (Phi) is 7.44. The van der Waals surface area contributed by atoms with E-state index >= 15 is 0 Å². The van der Waals surface area contributed by atoms with Gasteiger partial charge < -0.3 is 10.1 Å². The number of hydrogen-bond donors (Lipinski definition) is 1. The van der Waals surface area contributed by atoms with Crippen LogP contribution in [0.25, 0.3) is 6.08 Å². The molecule has 3 aromatic rings. The molecule has 172 valence electrons. The molecule has 0 saturated carbocycles. The summed E-state index contributed by atoms with van der Waals surface area (Å²) >= 11 is 4.11. The molecule has 3 amide bonds. The highest BCUT2D eigenvalue weighted by Crippen LogP contribution is 2.32. The van der Waals surface area contributed by atoms with Crippen molar-refractivity contribution in [2.75, 3.05) is 11.9 Å². The minimum Gasteiger partial charge on any atom is -0.489 e. The molecule has 34 heavy (non-hydrogen) atoms. The van der Waals surface area contributed by atoms with E-state index in [2.05, 4.69) is 21.2 Å². The molecule has 0 radical (unpaired) electrons. The molecule has 0 unspecified atom stereocenters. The van der Waals surface area contributed by atoms with Crippen molar-refractivity contribution in [1.29, 1.82) is 0 Å². The molecule has 1 aliphatic heterocycles. The van der Waals surface area contributed by atoms with Crippen molar-refractivity contribution in [3.8, 4) is 5.75 Å². The van der Waals surface area contributed by atoms with E-state index in [1.54, 1.807) is 66.7 Å². The molecule has 1 saturated heterocycles. The van der Waals surface area contributed by atoms with Gasteiger partial charge in [-0.15, -0.1) is 0 Å². The van der Waals surface area contributed by atoms with Gasteiger partial charge in [0.15, 0.2) is 0 Å². The Morgan fingerprint density at radius 2 is 1.68 bits per heavy atom. The predicted molar refractivity (Wildman–Crippen MR) is 133 cm³/mol. The van der Waals surface area contributed by atoms with Gasteiger partial charge in [-0.1, -0.05) is 40.2 Å². The molecule has 1 aliphatic rings. The summed E-state index contributed by atoms with van der Waals surface area (Å²) in [4.78, 5) is 38.4. The quantitative estimate of drug-likeness (QED) is 0.381. The van der Waals surface area contributed by atoms with Gasteiger partial charge in [-0.05, 0) is 77.5 Å². The first-order chi connectivity index (χ1) is 16.4. The van der Waals surface area contributed by atoms with E-state index < -0.39 is 17.1 Å². The minimum absolute atomic E-state index is 0.237. The summed E-state index contributed by atoms with van der Waals surface area (Å²) < 4.78 is 19.5. The molecular weight excluding hydrogens is 523 g/mol. The Labute approximate surface area is 207 Å². The molecule has 1 N–H and O–H groups in total. The molecule has 0 bridgehead atoms. The van der Waals surface area contributed by atoms with Crippen LogP contribution >= 0.6 is 27.7 Å². The van der Waals surface area contributed by atoms with Crippen molar-refractivity contribution in [3.05, 3.63) is 99.1 Å². The van der Waals surface area contributed by atoms with E-state index in [1.165, 1.54) is 12.1 Å². The zero-order chi connectivity index (χ0) is 24.1.